The molecule has 0 N–H and O–H groups in total. The minimum absolute atomic E-state index is 0.728. The molecule has 0 saturated carbocycles. The van der Waals surface area contributed by atoms with Gasteiger partial charge in [0.25, 0.3) is 0 Å². The Labute approximate surface area is 146 Å². The van der Waals surface area contributed by atoms with Gasteiger partial charge < -0.3 is 4.90 Å². The summed E-state index contributed by atoms with van der Waals surface area (Å²) in [4.78, 5) is 4.47. The van der Waals surface area contributed by atoms with Gasteiger partial charge >= 0.3 is 0 Å². The van der Waals surface area contributed by atoms with Crippen molar-refractivity contribution in [2.75, 3.05) is 40.3 Å². The van der Waals surface area contributed by atoms with E-state index in [1.54, 1.807) is 0 Å². The van der Waals surface area contributed by atoms with E-state index in [0.29, 0.717) is 0 Å². The van der Waals surface area contributed by atoms with Gasteiger partial charge in [0.1, 0.15) is 0 Å². The van der Waals surface area contributed by atoms with Crippen molar-refractivity contribution < 1.29 is 0 Å². The number of hydrogen-bond donors (Lipinski definition) is 0. The van der Waals surface area contributed by atoms with Crippen molar-refractivity contribution in [3.05, 3.63) is 71.8 Å². The van der Waals surface area contributed by atoms with Gasteiger partial charge in [-0.25, -0.2) is 0 Å². The highest BCUT2D eigenvalue weighted by Gasteiger charge is 2.01. The van der Waals surface area contributed by atoms with Gasteiger partial charge in [0.05, 0.1) is 13.1 Å². The third-order valence-corrected chi connectivity index (χ3v) is 3.48. The Morgan fingerprint density at radius 1 is 0.667 bits per heavy atom. The molecule has 0 saturated heterocycles. The third kappa shape index (κ3) is 7.16. The minimum Gasteiger partial charge on any atom is -0.308 e. The molecule has 0 fully saturated rings. The second kappa shape index (κ2) is 10.3. The molecule has 2 nitrogen and oxygen atoms in total. The number of hydrogen-bond acceptors (Lipinski definition) is 2. The summed E-state index contributed by atoms with van der Waals surface area (Å²) in [6.45, 7) is 3.42. The smallest absolute Gasteiger partial charge is 0.0614 e. The average molecular weight is 316 g/mol. The summed E-state index contributed by atoms with van der Waals surface area (Å²) in [5, 5.41) is 0. The van der Waals surface area contributed by atoms with Crippen LogP contribution in [0.2, 0.25) is 0 Å². The van der Waals surface area contributed by atoms with Crippen LogP contribution >= 0.6 is 0 Å². The largest absolute Gasteiger partial charge is 0.308 e. The molecule has 0 unspecified atom stereocenters. The van der Waals surface area contributed by atoms with Crippen molar-refractivity contribution in [1.29, 1.82) is 0 Å². The quantitative estimate of drug-likeness (QED) is 0.783. The van der Waals surface area contributed by atoms with Crippen LogP contribution in [0.1, 0.15) is 11.1 Å². The second-order valence-corrected chi connectivity index (χ2v) is 5.85. The lowest BCUT2D eigenvalue weighted by Gasteiger charge is -2.19. The molecule has 0 spiro atoms. The van der Waals surface area contributed by atoms with Crippen LogP contribution in [0.25, 0.3) is 0 Å². The minimum atomic E-state index is 0.728. The Morgan fingerprint density at radius 3 is 1.54 bits per heavy atom. The maximum atomic E-state index is 3.26. The Bertz CT molecular complexity index is 653. The summed E-state index contributed by atoms with van der Waals surface area (Å²) in [6, 6.07) is 20.2. The first-order valence-corrected chi connectivity index (χ1v) is 8.19. The third-order valence-electron chi connectivity index (χ3n) is 3.48. The van der Waals surface area contributed by atoms with Gasteiger partial charge in [0.2, 0.25) is 0 Å². The van der Waals surface area contributed by atoms with Crippen LogP contribution in [0.15, 0.2) is 60.7 Å². The normalized spacial score (nSPS) is 10.0. The highest BCUT2D eigenvalue weighted by Crippen LogP contribution is 1.97. The van der Waals surface area contributed by atoms with Crippen LogP contribution in [-0.4, -0.2) is 50.1 Å². The zero-order chi connectivity index (χ0) is 17.0. The monoisotopic (exact) mass is 316 g/mol. The first-order chi connectivity index (χ1) is 11.7. The SMILES string of the molecule is CN(C)CCN(CC#Cc1ccccc1)CC#Cc1ccccc1. The summed E-state index contributed by atoms with van der Waals surface area (Å²) in [5.41, 5.74) is 2.11. The zero-order valence-electron chi connectivity index (χ0n) is 14.5. The van der Waals surface area contributed by atoms with E-state index in [1.165, 1.54) is 0 Å². The molecular weight excluding hydrogens is 292 g/mol. The van der Waals surface area contributed by atoms with E-state index in [9.17, 15) is 0 Å². The lowest BCUT2D eigenvalue weighted by atomic mass is 10.2. The second-order valence-electron chi connectivity index (χ2n) is 5.85. The van der Waals surface area contributed by atoms with E-state index in [4.69, 9.17) is 0 Å². The molecule has 2 heteroatoms. The topological polar surface area (TPSA) is 6.48 Å². The molecule has 2 aromatic rings. The van der Waals surface area contributed by atoms with E-state index in [1.807, 2.05) is 60.7 Å². The number of rotatable bonds is 5. The Morgan fingerprint density at radius 2 is 1.12 bits per heavy atom. The first-order valence-electron chi connectivity index (χ1n) is 8.19. The standard InChI is InChI=1S/C22H24N2/c1-23(2)19-20-24(17-9-15-21-11-5-3-6-12-21)18-10-16-22-13-7-4-8-14-22/h3-8,11-14H,17-20H2,1-2H3. The van der Waals surface area contributed by atoms with Gasteiger partial charge in [-0.2, -0.15) is 0 Å². The molecule has 0 aromatic heterocycles. The van der Waals surface area contributed by atoms with Gasteiger partial charge in [-0.15, -0.1) is 0 Å². The number of likely N-dealkylation sites (N-methyl/N-ethyl adjacent to an activating group) is 1. The first kappa shape index (κ1) is 17.8. The fourth-order valence-corrected chi connectivity index (χ4v) is 2.11. The maximum Gasteiger partial charge on any atom is 0.0614 e. The molecule has 0 bridgehead atoms. The molecule has 0 atom stereocenters. The summed E-state index contributed by atoms with van der Waals surface area (Å²) in [7, 11) is 4.17. The number of benzene rings is 2. The Balaban J connectivity index is 1.94. The molecule has 0 amide bonds. The van der Waals surface area contributed by atoms with Crippen molar-refractivity contribution in [3.63, 3.8) is 0 Å². The van der Waals surface area contributed by atoms with Crippen molar-refractivity contribution in [1.82, 2.24) is 9.80 Å². The molecular formula is C22H24N2. The van der Waals surface area contributed by atoms with Gasteiger partial charge in [0.15, 0.2) is 0 Å². The van der Waals surface area contributed by atoms with Crippen molar-refractivity contribution in [2.45, 2.75) is 0 Å². The predicted octanol–water partition coefficient (Wildman–Crippen LogP) is 2.95. The fourth-order valence-electron chi connectivity index (χ4n) is 2.11. The average Bonchev–Trinajstić information content (AvgIpc) is 2.61. The van der Waals surface area contributed by atoms with Crippen LogP contribution in [0.3, 0.4) is 0 Å². The lowest BCUT2D eigenvalue weighted by molar-refractivity contribution is 0.287. The molecule has 2 aromatic carbocycles. The summed E-state index contributed by atoms with van der Waals surface area (Å²) >= 11 is 0. The summed E-state index contributed by atoms with van der Waals surface area (Å²) < 4.78 is 0. The van der Waals surface area contributed by atoms with Crippen LogP contribution in [-0.2, 0) is 0 Å². The highest BCUT2D eigenvalue weighted by atomic mass is 15.2. The van der Waals surface area contributed by atoms with Crippen molar-refractivity contribution in [3.8, 4) is 23.7 Å². The van der Waals surface area contributed by atoms with E-state index in [0.717, 1.165) is 37.3 Å². The molecule has 0 aliphatic rings. The molecule has 0 radical (unpaired) electrons. The molecule has 0 aliphatic carbocycles. The fraction of sp³-hybridized carbons (Fsp3) is 0.273. The molecule has 2 rings (SSSR count). The Hall–Kier alpha value is -2.52. The highest BCUT2D eigenvalue weighted by molar-refractivity contribution is 5.35. The van der Waals surface area contributed by atoms with Crippen LogP contribution in [0.4, 0.5) is 0 Å². The van der Waals surface area contributed by atoms with Gasteiger partial charge in [-0.1, -0.05) is 60.1 Å². The zero-order valence-corrected chi connectivity index (χ0v) is 14.5. The van der Waals surface area contributed by atoms with Gasteiger partial charge in [-0.3, -0.25) is 4.90 Å². The van der Waals surface area contributed by atoms with E-state index < -0.39 is 0 Å². The van der Waals surface area contributed by atoms with E-state index in [2.05, 4.69) is 47.6 Å². The maximum absolute atomic E-state index is 3.26. The van der Waals surface area contributed by atoms with Crippen LogP contribution < -0.4 is 0 Å². The van der Waals surface area contributed by atoms with E-state index in [-0.39, 0.29) is 0 Å². The number of nitrogens with zero attached hydrogens (tertiary/aromatic N) is 2. The summed E-state index contributed by atoms with van der Waals surface area (Å²) in [5.74, 6) is 13.0. The predicted molar refractivity (Wildman–Crippen MR) is 102 cm³/mol. The van der Waals surface area contributed by atoms with Crippen LogP contribution in [0, 0.1) is 23.7 Å². The molecule has 122 valence electrons. The van der Waals surface area contributed by atoms with Crippen molar-refractivity contribution >= 4 is 0 Å². The van der Waals surface area contributed by atoms with E-state index >= 15 is 0 Å². The van der Waals surface area contributed by atoms with Gasteiger partial charge in [-0.05, 0) is 38.4 Å². The van der Waals surface area contributed by atoms with Crippen molar-refractivity contribution in [2.24, 2.45) is 0 Å². The summed E-state index contributed by atoms with van der Waals surface area (Å²) in [6.07, 6.45) is 0. The Kier molecular flexibility index (Phi) is 7.64. The molecule has 0 heterocycles. The van der Waals surface area contributed by atoms with Crippen LogP contribution in [0.5, 0.6) is 0 Å². The molecule has 24 heavy (non-hydrogen) atoms. The van der Waals surface area contributed by atoms with Gasteiger partial charge in [0, 0.05) is 24.2 Å². The molecule has 0 aliphatic heterocycles. The lowest BCUT2D eigenvalue weighted by Crippen LogP contribution is -2.32.